The van der Waals surface area contributed by atoms with E-state index in [1.54, 1.807) is 7.11 Å². The monoisotopic (exact) mass is 189 g/mol. The molecular weight excluding hydrogens is 178 g/mol. The molecule has 14 heavy (non-hydrogen) atoms. The lowest BCUT2D eigenvalue weighted by molar-refractivity contribution is 0.416. The van der Waals surface area contributed by atoms with Crippen LogP contribution in [0.1, 0.15) is 24.6 Å². The maximum atomic E-state index is 5.22. The largest absolute Gasteiger partial charge is 0.493 e. The van der Waals surface area contributed by atoms with E-state index in [1.165, 1.54) is 12.8 Å². The first-order chi connectivity index (χ1) is 6.90. The van der Waals surface area contributed by atoms with Gasteiger partial charge in [0.05, 0.1) is 7.11 Å². The minimum Gasteiger partial charge on any atom is -0.493 e. The molecule has 0 saturated heterocycles. The van der Waals surface area contributed by atoms with Crippen LogP contribution < -0.4 is 4.74 Å². The van der Waals surface area contributed by atoms with E-state index in [0.717, 1.165) is 17.2 Å². The second kappa shape index (κ2) is 2.70. The second-order valence-corrected chi connectivity index (χ2v) is 3.60. The lowest BCUT2D eigenvalue weighted by Gasteiger charge is -2.01. The summed E-state index contributed by atoms with van der Waals surface area (Å²) in [5.41, 5.74) is 0.817. The van der Waals surface area contributed by atoms with Gasteiger partial charge in [0.15, 0.2) is 5.75 Å². The van der Waals surface area contributed by atoms with Crippen molar-refractivity contribution in [2.24, 2.45) is 0 Å². The van der Waals surface area contributed by atoms with E-state index in [1.807, 2.05) is 22.7 Å². The van der Waals surface area contributed by atoms with Crippen molar-refractivity contribution in [3.8, 4) is 5.75 Å². The lowest BCUT2D eigenvalue weighted by atomic mass is 10.4. The van der Waals surface area contributed by atoms with E-state index >= 15 is 0 Å². The zero-order chi connectivity index (χ0) is 9.54. The Morgan fingerprint density at radius 2 is 2.29 bits per heavy atom. The molecule has 4 heteroatoms. The smallest absolute Gasteiger partial charge is 0.203 e. The van der Waals surface area contributed by atoms with Crippen molar-refractivity contribution in [1.29, 1.82) is 0 Å². The molecule has 1 fully saturated rings. The van der Waals surface area contributed by atoms with Crippen LogP contribution in [-0.2, 0) is 0 Å². The number of fused-ring (bicyclic) bond motifs is 1. The summed E-state index contributed by atoms with van der Waals surface area (Å²) in [5, 5.41) is 8.34. The van der Waals surface area contributed by atoms with E-state index in [-0.39, 0.29) is 0 Å². The van der Waals surface area contributed by atoms with Crippen molar-refractivity contribution in [2.75, 3.05) is 7.11 Å². The van der Waals surface area contributed by atoms with Crippen molar-refractivity contribution in [2.45, 2.75) is 18.8 Å². The van der Waals surface area contributed by atoms with E-state index < -0.39 is 0 Å². The normalized spacial score (nSPS) is 16.1. The summed E-state index contributed by atoms with van der Waals surface area (Å²) >= 11 is 0. The zero-order valence-corrected chi connectivity index (χ0v) is 7.97. The molecule has 0 amide bonds. The Kier molecular flexibility index (Phi) is 1.50. The van der Waals surface area contributed by atoms with E-state index in [4.69, 9.17) is 4.74 Å². The molecule has 2 aromatic rings. The van der Waals surface area contributed by atoms with Crippen LogP contribution in [0.15, 0.2) is 18.3 Å². The van der Waals surface area contributed by atoms with Crippen LogP contribution in [0.4, 0.5) is 0 Å². The minimum atomic E-state index is 0.608. The van der Waals surface area contributed by atoms with Gasteiger partial charge in [0.2, 0.25) is 5.65 Å². The number of pyridine rings is 1. The Morgan fingerprint density at radius 3 is 3.00 bits per heavy atom. The van der Waals surface area contributed by atoms with Gasteiger partial charge in [0.25, 0.3) is 0 Å². The number of hydrogen-bond acceptors (Lipinski definition) is 3. The number of ether oxygens (including phenoxy) is 1. The van der Waals surface area contributed by atoms with Gasteiger partial charge >= 0.3 is 0 Å². The molecule has 2 heterocycles. The van der Waals surface area contributed by atoms with Crippen molar-refractivity contribution < 1.29 is 4.74 Å². The van der Waals surface area contributed by atoms with Crippen LogP contribution >= 0.6 is 0 Å². The molecule has 3 rings (SSSR count). The van der Waals surface area contributed by atoms with Gasteiger partial charge in [-0.2, -0.15) is 0 Å². The molecule has 2 aromatic heterocycles. The third-order valence-corrected chi connectivity index (χ3v) is 2.59. The van der Waals surface area contributed by atoms with Gasteiger partial charge in [-0.15, -0.1) is 10.2 Å². The predicted molar refractivity (Wildman–Crippen MR) is 51.5 cm³/mol. The quantitative estimate of drug-likeness (QED) is 0.720. The van der Waals surface area contributed by atoms with Gasteiger partial charge in [0.1, 0.15) is 5.82 Å². The Labute approximate surface area is 81.5 Å². The fraction of sp³-hybridized carbons (Fsp3) is 0.400. The summed E-state index contributed by atoms with van der Waals surface area (Å²) in [4.78, 5) is 0. The Morgan fingerprint density at radius 1 is 1.43 bits per heavy atom. The molecule has 0 radical (unpaired) electrons. The van der Waals surface area contributed by atoms with Gasteiger partial charge < -0.3 is 4.74 Å². The Balaban J connectivity index is 2.25. The van der Waals surface area contributed by atoms with Gasteiger partial charge in [0, 0.05) is 12.1 Å². The fourth-order valence-corrected chi connectivity index (χ4v) is 1.69. The molecule has 0 bridgehead atoms. The van der Waals surface area contributed by atoms with Gasteiger partial charge in [-0.1, -0.05) is 0 Å². The maximum absolute atomic E-state index is 5.22. The topological polar surface area (TPSA) is 39.4 Å². The highest BCUT2D eigenvalue weighted by molar-refractivity contribution is 5.53. The summed E-state index contributed by atoms with van der Waals surface area (Å²) in [6.07, 6.45) is 4.46. The highest BCUT2D eigenvalue weighted by Crippen LogP contribution is 2.39. The second-order valence-electron chi connectivity index (χ2n) is 3.60. The molecule has 0 spiro atoms. The summed E-state index contributed by atoms with van der Waals surface area (Å²) in [5.74, 6) is 2.46. The molecular formula is C10H11N3O. The molecule has 1 saturated carbocycles. The first-order valence-corrected chi connectivity index (χ1v) is 4.78. The zero-order valence-electron chi connectivity index (χ0n) is 7.97. The molecule has 4 nitrogen and oxygen atoms in total. The molecule has 0 atom stereocenters. The third-order valence-electron chi connectivity index (χ3n) is 2.59. The van der Waals surface area contributed by atoms with Crippen molar-refractivity contribution in [1.82, 2.24) is 14.6 Å². The van der Waals surface area contributed by atoms with E-state index in [0.29, 0.717) is 5.92 Å². The molecule has 1 aliphatic carbocycles. The first kappa shape index (κ1) is 7.79. The molecule has 0 N–H and O–H groups in total. The van der Waals surface area contributed by atoms with Crippen LogP contribution in [0.5, 0.6) is 5.75 Å². The molecule has 0 aliphatic heterocycles. The van der Waals surface area contributed by atoms with Crippen LogP contribution in [0, 0.1) is 0 Å². The van der Waals surface area contributed by atoms with E-state index in [9.17, 15) is 0 Å². The predicted octanol–water partition coefficient (Wildman–Crippen LogP) is 1.62. The van der Waals surface area contributed by atoms with Crippen molar-refractivity contribution in [3.05, 3.63) is 24.2 Å². The van der Waals surface area contributed by atoms with Gasteiger partial charge in [-0.25, -0.2) is 0 Å². The number of methoxy groups -OCH3 is 1. The Bertz CT molecular complexity index is 473. The van der Waals surface area contributed by atoms with Crippen molar-refractivity contribution >= 4 is 5.65 Å². The van der Waals surface area contributed by atoms with Gasteiger partial charge in [-0.05, 0) is 25.0 Å². The van der Waals surface area contributed by atoms with Crippen LogP contribution in [-0.4, -0.2) is 21.7 Å². The number of aromatic nitrogens is 3. The average Bonchev–Trinajstić information content (AvgIpc) is 2.97. The summed E-state index contributed by atoms with van der Waals surface area (Å²) in [6.45, 7) is 0. The highest BCUT2D eigenvalue weighted by atomic mass is 16.5. The van der Waals surface area contributed by atoms with Crippen LogP contribution in [0.25, 0.3) is 5.65 Å². The SMILES string of the molecule is COc1cccn2c(C3CC3)nnc12. The number of hydrogen-bond donors (Lipinski definition) is 0. The Hall–Kier alpha value is -1.58. The number of nitrogens with zero attached hydrogens (tertiary/aromatic N) is 3. The summed E-state index contributed by atoms with van der Waals surface area (Å²) in [6, 6.07) is 3.86. The van der Waals surface area contributed by atoms with Crippen LogP contribution in [0.3, 0.4) is 0 Å². The van der Waals surface area contributed by atoms with E-state index in [2.05, 4.69) is 10.2 Å². The molecule has 0 aromatic carbocycles. The molecule has 0 unspecified atom stereocenters. The maximum Gasteiger partial charge on any atom is 0.203 e. The summed E-state index contributed by atoms with van der Waals surface area (Å²) in [7, 11) is 1.65. The average molecular weight is 189 g/mol. The third kappa shape index (κ3) is 0.999. The first-order valence-electron chi connectivity index (χ1n) is 4.78. The lowest BCUT2D eigenvalue weighted by Crippen LogP contribution is -1.93. The highest BCUT2D eigenvalue weighted by Gasteiger charge is 2.28. The molecule has 72 valence electrons. The van der Waals surface area contributed by atoms with Crippen molar-refractivity contribution in [3.63, 3.8) is 0 Å². The standard InChI is InChI=1S/C10H11N3O/c1-14-8-3-2-6-13-9(7-4-5-7)11-12-10(8)13/h2-3,6-7H,4-5H2,1H3. The van der Waals surface area contributed by atoms with Gasteiger partial charge in [-0.3, -0.25) is 4.40 Å². The summed E-state index contributed by atoms with van der Waals surface area (Å²) < 4.78 is 7.24. The molecule has 1 aliphatic rings. The number of rotatable bonds is 2. The fourth-order valence-electron chi connectivity index (χ4n) is 1.69. The van der Waals surface area contributed by atoms with Crippen LogP contribution in [0.2, 0.25) is 0 Å². The minimum absolute atomic E-state index is 0.608.